The molecule has 1 aliphatic rings. The van der Waals surface area contributed by atoms with Crippen LogP contribution in [0.1, 0.15) is 16.7 Å². The van der Waals surface area contributed by atoms with E-state index in [0.717, 1.165) is 66.8 Å². The van der Waals surface area contributed by atoms with Gasteiger partial charge in [-0.1, -0.05) is 182 Å². The first kappa shape index (κ1) is 39.1. The summed E-state index contributed by atoms with van der Waals surface area (Å²) in [5.74, 6) is 1.47. The van der Waals surface area contributed by atoms with Gasteiger partial charge in [0.1, 0.15) is 11.6 Å². The maximum absolute atomic E-state index is 16.2. The topological polar surface area (TPSA) is 52.3 Å². The molecule has 0 amide bonds. The fraction of sp³-hybridized carbons (Fsp3) is 0.0169. The number of fused-ring (bicyclic) bond motifs is 3. The molecule has 0 bridgehead atoms. The van der Waals surface area contributed by atoms with Crippen molar-refractivity contribution in [1.82, 2.24) is 15.0 Å². The van der Waals surface area contributed by atoms with Gasteiger partial charge in [-0.25, -0.2) is 24.2 Å². The van der Waals surface area contributed by atoms with Crippen LogP contribution in [0.5, 0.6) is 5.75 Å². The van der Waals surface area contributed by atoms with Crippen molar-refractivity contribution in [1.29, 1.82) is 0 Å². The van der Waals surface area contributed by atoms with E-state index in [0.29, 0.717) is 40.0 Å². The summed E-state index contributed by atoms with van der Waals surface area (Å²) in [5, 5.41) is 0. The highest BCUT2D eigenvalue weighted by Crippen LogP contribution is 2.52. The van der Waals surface area contributed by atoms with Crippen LogP contribution >= 0.6 is 0 Å². The molecule has 65 heavy (non-hydrogen) atoms. The largest absolute Gasteiger partial charge is 0.472 e. The molecule has 1 aliphatic heterocycles. The van der Waals surface area contributed by atoms with Crippen molar-refractivity contribution in [2.45, 2.75) is 5.60 Å². The summed E-state index contributed by atoms with van der Waals surface area (Å²) in [6.07, 6.45) is 0. The number of benzene rings is 9. The Morgan fingerprint density at radius 2 is 0.862 bits per heavy atom. The maximum Gasteiger partial charge on any atom is 0.187 e. The minimum absolute atomic E-state index is 0.326. The van der Waals surface area contributed by atoms with E-state index in [1.807, 2.05) is 127 Å². The Labute approximate surface area is 376 Å². The van der Waals surface area contributed by atoms with Gasteiger partial charge in [-0.05, 0) is 81.4 Å². The van der Waals surface area contributed by atoms with Crippen molar-refractivity contribution in [3.63, 3.8) is 0 Å². The minimum Gasteiger partial charge on any atom is -0.472 e. The van der Waals surface area contributed by atoms with E-state index in [-0.39, 0.29) is 0 Å². The van der Waals surface area contributed by atoms with Crippen LogP contribution in [0, 0.1) is 12.4 Å². The van der Waals surface area contributed by atoms with Gasteiger partial charge in [0.25, 0.3) is 0 Å². The monoisotopic (exact) mass is 836 g/mol. The highest BCUT2D eigenvalue weighted by Gasteiger charge is 2.44. The quantitative estimate of drug-likeness (QED) is 0.143. The summed E-state index contributed by atoms with van der Waals surface area (Å²) in [6, 6.07) is 73.8. The lowest BCUT2D eigenvalue weighted by molar-refractivity contribution is 0.152. The normalized spacial score (nSPS) is 12.3. The third kappa shape index (κ3) is 7.31. The zero-order valence-corrected chi connectivity index (χ0v) is 34.9. The molecule has 6 heteroatoms. The van der Waals surface area contributed by atoms with Gasteiger partial charge >= 0.3 is 0 Å². The van der Waals surface area contributed by atoms with E-state index in [1.165, 1.54) is 12.1 Å². The van der Waals surface area contributed by atoms with Crippen molar-refractivity contribution in [2.24, 2.45) is 0 Å². The molecule has 0 fully saturated rings. The molecule has 0 spiro atoms. The van der Waals surface area contributed by atoms with Crippen LogP contribution < -0.4 is 4.74 Å². The van der Waals surface area contributed by atoms with Crippen molar-refractivity contribution >= 4 is 5.69 Å². The number of ether oxygens (including phenoxy) is 1. The minimum atomic E-state index is -0.940. The molecular formula is C59H37FN4O. The van der Waals surface area contributed by atoms with E-state index in [1.54, 1.807) is 6.07 Å². The highest BCUT2D eigenvalue weighted by molar-refractivity contribution is 5.84. The van der Waals surface area contributed by atoms with Crippen LogP contribution in [0.4, 0.5) is 10.1 Å². The predicted molar refractivity (Wildman–Crippen MR) is 257 cm³/mol. The first-order valence-corrected chi connectivity index (χ1v) is 21.4. The van der Waals surface area contributed by atoms with Gasteiger partial charge < -0.3 is 4.74 Å². The number of hydrogen-bond acceptors (Lipinski definition) is 4. The second kappa shape index (κ2) is 16.5. The fourth-order valence-corrected chi connectivity index (χ4v) is 8.90. The van der Waals surface area contributed by atoms with Crippen molar-refractivity contribution in [3.05, 3.63) is 258 Å². The number of rotatable bonds is 8. The molecule has 10 aromatic rings. The Hall–Kier alpha value is -8.79. The number of aromatic nitrogens is 3. The van der Waals surface area contributed by atoms with Gasteiger partial charge in [0.05, 0.1) is 6.57 Å². The third-order valence-electron chi connectivity index (χ3n) is 12.0. The van der Waals surface area contributed by atoms with Crippen LogP contribution in [-0.4, -0.2) is 15.0 Å². The molecule has 0 saturated carbocycles. The van der Waals surface area contributed by atoms with Gasteiger partial charge in [0.15, 0.2) is 28.8 Å². The summed E-state index contributed by atoms with van der Waals surface area (Å²) in [6.45, 7) is 7.56. The van der Waals surface area contributed by atoms with Gasteiger partial charge in [0, 0.05) is 38.9 Å². The Morgan fingerprint density at radius 1 is 0.385 bits per heavy atom. The summed E-state index contributed by atoms with van der Waals surface area (Å²) < 4.78 is 23.5. The van der Waals surface area contributed by atoms with E-state index in [4.69, 9.17) is 26.3 Å². The van der Waals surface area contributed by atoms with Crippen LogP contribution in [0.25, 0.3) is 83.5 Å². The van der Waals surface area contributed by atoms with E-state index >= 15 is 4.39 Å². The lowest BCUT2D eigenvalue weighted by atomic mass is 9.75. The SMILES string of the molecule is [C-]#[N+]c1cccc(-c2cccc(-c3nc(-c4cccc(-c5ccccc5)c4)nc(-c4cc(F)cc(-c5ccc6c(c5)OC(c5ccccc5)(c5ccccc5)c5ccccc5-6)c4)n3)c2)c1. The van der Waals surface area contributed by atoms with Gasteiger partial charge in [-0.2, -0.15) is 0 Å². The Balaban J connectivity index is 1.05. The van der Waals surface area contributed by atoms with Crippen LogP contribution in [0.15, 0.2) is 224 Å². The molecule has 0 saturated heterocycles. The van der Waals surface area contributed by atoms with Gasteiger partial charge in [0.2, 0.25) is 0 Å². The summed E-state index contributed by atoms with van der Waals surface area (Å²) in [7, 11) is 0. The number of halogens is 1. The Bertz CT molecular complexity index is 3400. The second-order valence-electron chi connectivity index (χ2n) is 16.0. The first-order chi connectivity index (χ1) is 32.0. The second-order valence-corrected chi connectivity index (χ2v) is 16.0. The third-order valence-corrected chi connectivity index (χ3v) is 12.0. The average molecular weight is 837 g/mol. The molecule has 306 valence electrons. The Kier molecular flexibility index (Phi) is 9.91. The molecule has 1 aromatic heterocycles. The molecule has 0 radical (unpaired) electrons. The molecular weight excluding hydrogens is 800 g/mol. The molecule has 11 rings (SSSR count). The van der Waals surface area contributed by atoms with E-state index < -0.39 is 11.4 Å². The van der Waals surface area contributed by atoms with Crippen LogP contribution in [0.2, 0.25) is 0 Å². The smallest absolute Gasteiger partial charge is 0.187 e. The standard InChI is InChI=1S/C59H37FN4O/c1-61-51-27-15-20-42(37-51)41-19-14-22-45(33-41)57-62-56(44-21-13-18-40(32-44)39-16-5-2-6-17-39)63-58(64-57)47-34-46(35-50(60)36-47)43-30-31-53-52-28-11-12-29-54(52)59(65-55(53)38-43,48-23-7-3-8-24-48)49-25-9-4-10-26-49/h2-38H. The summed E-state index contributed by atoms with van der Waals surface area (Å²) >= 11 is 0. The highest BCUT2D eigenvalue weighted by atomic mass is 19.1. The molecule has 5 nitrogen and oxygen atoms in total. The first-order valence-electron chi connectivity index (χ1n) is 21.4. The average Bonchev–Trinajstić information content (AvgIpc) is 3.38. The van der Waals surface area contributed by atoms with Gasteiger partial charge in [-0.3, -0.25) is 0 Å². The lowest BCUT2D eigenvalue weighted by Gasteiger charge is -2.41. The molecule has 0 unspecified atom stereocenters. The number of hydrogen-bond donors (Lipinski definition) is 0. The van der Waals surface area contributed by atoms with Crippen LogP contribution in [-0.2, 0) is 5.60 Å². The predicted octanol–water partition coefficient (Wildman–Crippen LogP) is 14.9. The Morgan fingerprint density at radius 3 is 1.51 bits per heavy atom. The molecule has 0 aliphatic carbocycles. The zero-order valence-electron chi connectivity index (χ0n) is 34.9. The lowest BCUT2D eigenvalue weighted by Crippen LogP contribution is -2.38. The molecule has 2 heterocycles. The molecule has 0 atom stereocenters. The molecule has 0 N–H and O–H groups in total. The summed E-state index contributed by atoms with van der Waals surface area (Å²) in [5.41, 5.74) is 12.0. The van der Waals surface area contributed by atoms with Crippen molar-refractivity contribution in [3.8, 4) is 84.4 Å². The maximum atomic E-state index is 16.2. The number of nitrogens with zero attached hydrogens (tertiary/aromatic N) is 4. The van der Waals surface area contributed by atoms with E-state index in [9.17, 15) is 0 Å². The van der Waals surface area contributed by atoms with Crippen LogP contribution in [0.3, 0.4) is 0 Å². The van der Waals surface area contributed by atoms with Crippen molar-refractivity contribution in [2.75, 3.05) is 0 Å². The zero-order chi connectivity index (χ0) is 43.7. The summed E-state index contributed by atoms with van der Waals surface area (Å²) in [4.78, 5) is 18.8. The van der Waals surface area contributed by atoms with E-state index in [2.05, 4.69) is 83.7 Å². The fourth-order valence-electron chi connectivity index (χ4n) is 8.90. The molecule has 9 aromatic carbocycles. The van der Waals surface area contributed by atoms with Crippen molar-refractivity contribution < 1.29 is 9.13 Å². The van der Waals surface area contributed by atoms with Gasteiger partial charge in [-0.15, -0.1) is 0 Å².